The van der Waals surface area contributed by atoms with E-state index in [4.69, 9.17) is 5.14 Å². The standard InChI is InChI=1S/C18H23FN6O2S/c1-11(2)9-17-22-18(15-7-8-21-24(15)12(3)4)25(23-17)16-10-13(28(20,26)27)5-6-14(16)19/h5-8,10-12H,9H2,1-4H3,(H2,20,26,27). The maximum atomic E-state index is 14.6. The lowest BCUT2D eigenvalue weighted by atomic mass is 10.1. The third kappa shape index (κ3) is 3.97. The summed E-state index contributed by atoms with van der Waals surface area (Å²) in [5.74, 6) is 0.568. The van der Waals surface area contributed by atoms with Crippen molar-refractivity contribution in [3.05, 3.63) is 42.1 Å². The highest BCUT2D eigenvalue weighted by molar-refractivity contribution is 7.89. The average molecular weight is 406 g/mol. The minimum Gasteiger partial charge on any atom is -0.259 e. The van der Waals surface area contributed by atoms with Gasteiger partial charge in [0, 0.05) is 18.7 Å². The molecule has 0 aliphatic carbocycles. The summed E-state index contributed by atoms with van der Waals surface area (Å²) in [5.41, 5.74) is 0.610. The van der Waals surface area contributed by atoms with Gasteiger partial charge in [-0.25, -0.2) is 27.6 Å². The molecule has 0 saturated heterocycles. The molecule has 0 radical (unpaired) electrons. The largest absolute Gasteiger partial charge is 0.259 e. The second-order valence-electron chi connectivity index (χ2n) is 7.27. The van der Waals surface area contributed by atoms with Crippen molar-refractivity contribution in [2.24, 2.45) is 11.1 Å². The fraction of sp³-hybridized carbons (Fsp3) is 0.389. The van der Waals surface area contributed by atoms with Crippen molar-refractivity contribution in [1.82, 2.24) is 24.5 Å². The van der Waals surface area contributed by atoms with Gasteiger partial charge < -0.3 is 0 Å². The van der Waals surface area contributed by atoms with Crippen LogP contribution in [0.25, 0.3) is 17.2 Å². The van der Waals surface area contributed by atoms with Crippen molar-refractivity contribution in [1.29, 1.82) is 0 Å². The van der Waals surface area contributed by atoms with E-state index in [2.05, 4.69) is 15.2 Å². The average Bonchev–Trinajstić information content (AvgIpc) is 3.20. The van der Waals surface area contributed by atoms with E-state index in [-0.39, 0.29) is 16.6 Å². The molecule has 1 aromatic carbocycles. The first-order valence-corrected chi connectivity index (χ1v) is 10.4. The molecule has 28 heavy (non-hydrogen) atoms. The van der Waals surface area contributed by atoms with E-state index in [0.29, 0.717) is 29.7 Å². The Morgan fingerprint density at radius 1 is 1.18 bits per heavy atom. The molecule has 0 spiro atoms. The van der Waals surface area contributed by atoms with Crippen LogP contribution in [0.2, 0.25) is 0 Å². The van der Waals surface area contributed by atoms with Crippen LogP contribution in [-0.4, -0.2) is 33.0 Å². The predicted molar refractivity (Wildman–Crippen MR) is 103 cm³/mol. The fourth-order valence-corrected chi connectivity index (χ4v) is 3.41. The number of primary sulfonamides is 1. The van der Waals surface area contributed by atoms with E-state index >= 15 is 0 Å². The summed E-state index contributed by atoms with van der Waals surface area (Å²) in [5, 5.41) is 14.0. The summed E-state index contributed by atoms with van der Waals surface area (Å²) in [6.07, 6.45) is 2.22. The van der Waals surface area contributed by atoms with Crippen molar-refractivity contribution >= 4 is 10.0 Å². The van der Waals surface area contributed by atoms with Crippen LogP contribution in [0.3, 0.4) is 0 Å². The summed E-state index contributed by atoms with van der Waals surface area (Å²) >= 11 is 0. The van der Waals surface area contributed by atoms with E-state index in [1.54, 1.807) is 16.9 Å². The normalized spacial score (nSPS) is 12.3. The predicted octanol–water partition coefficient (Wildman–Crippen LogP) is 2.70. The highest BCUT2D eigenvalue weighted by atomic mass is 32.2. The SMILES string of the molecule is CC(C)Cc1nc(-c2ccnn2C(C)C)n(-c2cc(S(N)(=O)=O)ccc2F)n1. The lowest BCUT2D eigenvalue weighted by Gasteiger charge is -2.12. The number of nitrogens with zero attached hydrogens (tertiary/aromatic N) is 5. The third-order valence-corrected chi connectivity index (χ3v) is 5.02. The number of hydrogen-bond acceptors (Lipinski definition) is 5. The van der Waals surface area contributed by atoms with Gasteiger partial charge in [0.15, 0.2) is 11.6 Å². The number of sulfonamides is 1. The fourth-order valence-electron chi connectivity index (χ4n) is 2.87. The lowest BCUT2D eigenvalue weighted by Crippen LogP contribution is -2.14. The van der Waals surface area contributed by atoms with Gasteiger partial charge in [-0.05, 0) is 44.0 Å². The Bertz CT molecular complexity index is 1100. The molecule has 0 amide bonds. The van der Waals surface area contributed by atoms with Crippen LogP contribution in [-0.2, 0) is 16.4 Å². The summed E-state index contributed by atoms with van der Waals surface area (Å²) in [4.78, 5) is 4.39. The molecule has 0 aliphatic rings. The summed E-state index contributed by atoms with van der Waals surface area (Å²) in [6.45, 7) is 7.99. The second-order valence-corrected chi connectivity index (χ2v) is 8.84. The van der Waals surface area contributed by atoms with Crippen molar-refractivity contribution in [2.45, 2.75) is 45.1 Å². The molecule has 0 atom stereocenters. The summed E-state index contributed by atoms with van der Waals surface area (Å²) in [6, 6.07) is 5.16. The first-order chi connectivity index (χ1) is 13.1. The zero-order valence-electron chi connectivity index (χ0n) is 16.2. The van der Waals surface area contributed by atoms with Crippen LogP contribution in [0.1, 0.15) is 39.6 Å². The molecule has 0 saturated carbocycles. The van der Waals surface area contributed by atoms with Crippen molar-refractivity contribution in [3.63, 3.8) is 0 Å². The maximum absolute atomic E-state index is 14.6. The number of aromatic nitrogens is 5. The van der Waals surface area contributed by atoms with Gasteiger partial charge in [0.25, 0.3) is 0 Å². The summed E-state index contributed by atoms with van der Waals surface area (Å²) < 4.78 is 41.2. The lowest BCUT2D eigenvalue weighted by molar-refractivity contribution is 0.535. The molecule has 150 valence electrons. The van der Waals surface area contributed by atoms with Gasteiger partial charge in [0.2, 0.25) is 10.0 Å². The molecule has 0 unspecified atom stereocenters. The van der Waals surface area contributed by atoms with Crippen LogP contribution in [0.15, 0.2) is 35.4 Å². The molecule has 0 aliphatic heterocycles. The highest BCUT2D eigenvalue weighted by Gasteiger charge is 2.22. The molecule has 8 nitrogen and oxygen atoms in total. The Labute approximate surface area is 163 Å². The number of halogens is 1. The van der Waals surface area contributed by atoms with Crippen LogP contribution in [0, 0.1) is 11.7 Å². The van der Waals surface area contributed by atoms with Gasteiger partial charge in [-0.3, -0.25) is 4.68 Å². The zero-order valence-corrected chi connectivity index (χ0v) is 17.0. The third-order valence-electron chi connectivity index (χ3n) is 4.10. The van der Waals surface area contributed by atoms with Gasteiger partial charge in [0.05, 0.1) is 4.90 Å². The number of hydrogen-bond donors (Lipinski definition) is 1. The minimum absolute atomic E-state index is 0.0412. The Hall–Kier alpha value is -2.59. The molecular formula is C18H23FN6O2S. The van der Waals surface area contributed by atoms with Gasteiger partial charge in [0.1, 0.15) is 17.2 Å². The first kappa shape index (κ1) is 20.2. The number of nitrogens with two attached hydrogens (primary N) is 1. The minimum atomic E-state index is -4.00. The second kappa shape index (κ2) is 7.44. The van der Waals surface area contributed by atoms with E-state index in [9.17, 15) is 12.8 Å². The van der Waals surface area contributed by atoms with Gasteiger partial charge in [-0.1, -0.05) is 13.8 Å². The van der Waals surface area contributed by atoms with Crippen LogP contribution < -0.4 is 5.14 Å². The molecular weight excluding hydrogens is 383 g/mol. The van der Waals surface area contributed by atoms with Gasteiger partial charge >= 0.3 is 0 Å². The smallest absolute Gasteiger partial charge is 0.238 e. The monoisotopic (exact) mass is 406 g/mol. The van der Waals surface area contributed by atoms with Crippen LogP contribution in [0.5, 0.6) is 0 Å². The van der Waals surface area contributed by atoms with E-state index in [0.717, 1.165) is 18.2 Å². The molecule has 3 aromatic rings. The molecule has 2 heterocycles. The van der Waals surface area contributed by atoms with E-state index in [1.165, 1.54) is 4.68 Å². The Morgan fingerprint density at radius 2 is 1.89 bits per heavy atom. The molecule has 0 bridgehead atoms. The van der Waals surface area contributed by atoms with Crippen LogP contribution in [0.4, 0.5) is 4.39 Å². The number of benzene rings is 1. The molecule has 10 heteroatoms. The van der Waals surface area contributed by atoms with Crippen molar-refractivity contribution in [2.75, 3.05) is 0 Å². The van der Waals surface area contributed by atoms with E-state index in [1.807, 2.05) is 27.7 Å². The van der Waals surface area contributed by atoms with Crippen molar-refractivity contribution < 1.29 is 12.8 Å². The summed E-state index contributed by atoms with van der Waals surface area (Å²) in [7, 11) is -4.00. The van der Waals surface area contributed by atoms with Gasteiger partial charge in [-0.2, -0.15) is 10.2 Å². The Morgan fingerprint density at radius 3 is 2.50 bits per heavy atom. The molecule has 0 fully saturated rings. The van der Waals surface area contributed by atoms with E-state index < -0.39 is 15.8 Å². The zero-order chi connectivity index (χ0) is 20.6. The first-order valence-electron chi connectivity index (χ1n) is 8.90. The Kier molecular flexibility index (Phi) is 5.35. The highest BCUT2D eigenvalue weighted by Crippen LogP contribution is 2.26. The maximum Gasteiger partial charge on any atom is 0.238 e. The molecule has 2 aromatic heterocycles. The number of rotatable bonds is 6. The van der Waals surface area contributed by atoms with Gasteiger partial charge in [-0.15, -0.1) is 0 Å². The quantitative estimate of drug-likeness (QED) is 0.677. The molecule has 3 rings (SSSR count). The van der Waals surface area contributed by atoms with Crippen molar-refractivity contribution in [3.8, 4) is 17.2 Å². The van der Waals surface area contributed by atoms with Crippen LogP contribution >= 0.6 is 0 Å². The molecule has 2 N–H and O–H groups in total. The topological polar surface area (TPSA) is 109 Å². The Balaban J connectivity index is 2.26.